The molecule has 1 aromatic carbocycles. The average molecular weight is 499 g/mol. The molecule has 0 atom stereocenters. The van der Waals surface area contributed by atoms with Gasteiger partial charge in [-0.2, -0.15) is 0 Å². The van der Waals surface area contributed by atoms with Crippen molar-refractivity contribution in [1.82, 2.24) is 14.5 Å². The Balaban J connectivity index is 0.000000493. The molecule has 0 fully saturated rings. The molecule has 2 aromatic heterocycles. The smallest absolute Gasteiger partial charge is 0.404 e. The number of benzene rings is 1. The van der Waals surface area contributed by atoms with Crippen LogP contribution in [0.25, 0.3) is 11.0 Å². The molecular formula is C24H30N6O6. The number of hydrogen-bond donors (Lipinski definition) is 4. The second-order valence-corrected chi connectivity index (χ2v) is 7.46. The Hall–Kier alpha value is -4.45. The largest absolute Gasteiger partial charge is 0.447 e. The predicted octanol–water partition coefficient (Wildman–Crippen LogP) is 1.65. The minimum atomic E-state index is -0.762. The van der Waals surface area contributed by atoms with E-state index >= 15 is 0 Å². The number of pyridine rings is 1. The fourth-order valence-corrected chi connectivity index (χ4v) is 3.02. The first-order chi connectivity index (χ1) is 17.3. The zero-order valence-corrected chi connectivity index (χ0v) is 19.9. The molecule has 12 nitrogen and oxygen atoms in total. The van der Waals surface area contributed by atoms with Crippen molar-refractivity contribution in [2.75, 3.05) is 25.6 Å². The summed E-state index contributed by atoms with van der Waals surface area (Å²) in [6, 6.07) is 10.9. The number of fused-ring (bicyclic) bond motifs is 1. The lowest BCUT2D eigenvalue weighted by atomic mass is 10.2. The van der Waals surface area contributed by atoms with Crippen molar-refractivity contribution in [3.05, 3.63) is 70.9 Å². The van der Waals surface area contributed by atoms with E-state index in [1.54, 1.807) is 24.4 Å². The number of aromatic amines is 1. The highest BCUT2D eigenvalue weighted by molar-refractivity contribution is 5.90. The van der Waals surface area contributed by atoms with Crippen LogP contribution in [0.3, 0.4) is 0 Å². The minimum absolute atomic E-state index is 0.219. The second-order valence-electron chi connectivity index (χ2n) is 7.46. The number of carbonyl (C=O) groups excluding carboxylic acids is 3. The van der Waals surface area contributed by atoms with Crippen molar-refractivity contribution in [2.45, 2.75) is 25.8 Å². The number of methoxy groups -OCH3 is 1. The number of aromatic nitrogens is 3. The van der Waals surface area contributed by atoms with Gasteiger partial charge in [0.1, 0.15) is 18.1 Å². The highest BCUT2D eigenvalue weighted by atomic mass is 16.6. The second kappa shape index (κ2) is 14.7. The van der Waals surface area contributed by atoms with Crippen molar-refractivity contribution in [3.8, 4) is 0 Å². The number of para-hydroxylation sites is 2. The van der Waals surface area contributed by atoms with E-state index in [4.69, 9.17) is 5.73 Å². The molecule has 0 aliphatic carbocycles. The number of allylic oxidation sites excluding steroid dienone is 1. The van der Waals surface area contributed by atoms with Crippen molar-refractivity contribution in [1.29, 1.82) is 0 Å². The molecule has 3 amide bonds. The Morgan fingerprint density at radius 3 is 2.61 bits per heavy atom. The summed E-state index contributed by atoms with van der Waals surface area (Å²) in [7, 11) is 1.52. The van der Waals surface area contributed by atoms with Crippen LogP contribution in [0.2, 0.25) is 0 Å². The minimum Gasteiger partial charge on any atom is -0.447 e. The summed E-state index contributed by atoms with van der Waals surface area (Å²) >= 11 is 0. The first kappa shape index (κ1) is 27.8. The maximum atomic E-state index is 12.6. The molecule has 12 heteroatoms. The predicted molar refractivity (Wildman–Crippen MR) is 134 cm³/mol. The van der Waals surface area contributed by atoms with Crippen molar-refractivity contribution >= 4 is 34.6 Å². The Morgan fingerprint density at radius 1 is 1.14 bits per heavy atom. The molecule has 3 aromatic rings. The summed E-state index contributed by atoms with van der Waals surface area (Å²) in [6.07, 6.45) is 5.13. The number of primary amides is 2. The Kier molecular flexibility index (Phi) is 11.4. The Morgan fingerprint density at radius 2 is 1.92 bits per heavy atom. The molecule has 3 rings (SSSR count). The summed E-state index contributed by atoms with van der Waals surface area (Å²) in [6.45, 7) is 0.893. The van der Waals surface area contributed by atoms with Crippen LogP contribution in [-0.2, 0) is 25.6 Å². The molecule has 0 bridgehead atoms. The number of nitrogens with zero attached hydrogens (tertiary/aromatic N) is 2. The number of carbonyl (C=O) groups is 3. The standard InChI is InChI=1S/C20H21N5O3.C4H9NO3/c21-17(26)10-2-1-3-11-19(27)24-16-9-6-12-25(20(16)28)13-18-22-14-7-4-5-8-15(14)23-18;1-7-2-3-8-4(5)6/h2,4-10,12H,1,3,11,13H2,(H2,21,26)(H,22,23)(H,24,27);2-3H2,1H3,(H2,5,6)/b10-2+;. The van der Waals surface area contributed by atoms with Crippen LogP contribution >= 0.6 is 0 Å². The Bertz CT molecular complexity index is 1220. The number of imidazole rings is 1. The van der Waals surface area contributed by atoms with Crippen LogP contribution < -0.4 is 22.3 Å². The van der Waals surface area contributed by atoms with Crippen LogP contribution in [0, 0.1) is 0 Å². The van der Waals surface area contributed by atoms with Crippen LogP contribution in [0.15, 0.2) is 59.5 Å². The van der Waals surface area contributed by atoms with Crippen molar-refractivity contribution in [2.24, 2.45) is 11.5 Å². The summed E-state index contributed by atoms with van der Waals surface area (Å²) in [5.74, 6) is -0.113. The molecule has 2 heterocycles. The normalized spacial score (nSPS) is 10.6. The highest BCUT2D eigenvalue weighted by Crippen LogP contribution is 2.11. The number of nitrogens with two attached hydrogens (primary N) is 2. The van der Waals surface area contributed by atoms with Gasteiger partial charge in [0.25, 0.3) is 5.56 Å². The number of rotatable bonds is 11. The maximum absolute atomic E-state index is 12.6. The fourth-order valence-electron chi connectivity index (χ4n) is 3.02. The molecule has 6 N–H and O–H groups in total. The lowest BCUT2D eigenvalue weighted by Gasteiger charge is -2.08. The average Bonchev–Trinajstić information content (AvgIpc) is 3.24. The van der Waals surface area contributed by atoms with E-state index in [2.05, 4.69) is 30.5 Å². The number of nitrogens with one attached hydrogen (secondary N) is 2. The molecule has 0 spiro atoms. The molecule has 0 saturated heterocycles. The summed E-state index contributed by atoms with van der Waals surface area (Å²) in [5.41, 5.74) is 11.3. The molecular weight excluding hydrogens is 468 g/mol. The SMILES string of the molecule is COCCOC(N)=O.NC(=O)/C=C/CCCC(=O)Nc1cccn(Cc2nc3ccccc3[nH]2)c1=O. The fraction of sp³-hybridized carbons (Fsp3) is 0.292. The van der Waals surface area contributed by atoms with Gasteiger partial charge in [0, 0.05) is 19.7 Å². The quantitative estimate of drug-likeness (QED) is 0.229. The van der Waals surface area contributed by atoms with Gasteiger partial charge in [-0.1, -0.05) is 18.2 Å². The van der Waals surface area contributed by atoms with Gasteiger partial charge < -0.3 is 35.8 Å². The summed E-state index contributed by atoms with van der Waals surface area (Å²) < 4.78 is 10.3. The molecule has 0 radical (unpaired) electrons. The van der Waals surface area contributed by atoms with Gasteiger partial charge in [0.05, 0.1) is 24.2 Å². The molecule has 0 saturated carbocycles. The third kappa shape index (κ3) is 9.81. The molecule has 36 heavy (non-hydrogen) atoms. The van der Waals surface area contributed by atoms with Gasteiger partial charge in [0.15, 0.2) is 0 Å². The number of unbranched alkanes of at least 4 members (excludes halogenated alkanes) is 1. The van der Waals surface area contributed by atoms with Gasteiger partial charge in [-0.25, -0.2) is 9.78 Å². The van der Waals surface area contributed by atoms with E-state index in [0.29, 0.717) is 25.3 Å². The van der Waals surface area contributed by atoms with Crippen LogP contribution in [-0.4, -0.2) is 52.8 Å². The lowest BCUT2D eigenvalue weighted by molar-refractivity contribution is -0.116. The van der Waals surface area contributed by atoms with E-state index in [1.165, 1.54) is 17.8 Å². The van der Waals surface area contributed by atoms with Gasteiger partial charge in [-0.3, -0.25) is 14.4 Å². The first-order valence-electron chi connectivity index (χ1n) is 11.1. The van der Waals surface area contributed by atoms with Gasteiger partial charge in [-0.05, 0) is 43.2 Å². The monoisotopic (exact) mass is 498 g/mol. The van der Waals surface area contributed by atoms with E-state index in [0.717, 1.165) is 11.0 Å². The van der Waals surface area contributed by atoms with Crippen molar-refractivity contribution < 1.29 is 23.9 Å². The van der Waals surface area contributed by atoms with Gasteiger partial charge >= 0.3 is 6.09 Å². The Labute approximate surface area is 207 Å². The molecule has 0 unspecified atom stereocenters. The van der Waals surface area contributed by atoms with Crippen molar-refractivity contribution in [3.63, 3.8) is 0 Å². The van der Waals surface area contributed by atoms with E-state index < -0.39 is 12.0 Å². The highest BCUT2D eigenvalue weighted by Gasteiger charge is 2.09. The molecule has 0 aliphatic heterocycles. The maximum Gasteiger partial charge on any atom is 0.404 e. The summed E-state index contributed by atoms with van der Waals surface area (Å²) in [5, 5.41) is 2.64. The zero-order valence-electron chi connectivity index (χ0n) is 19.9. The number of anilines is 1. The number of amides is 3. The third-order valence-electron chi connectivity index (χ3n) is 4.64. The van der Waals surface area contributed by atoms with E-state index in [-0.39, 0.29) is 36.7 Å². The zero-order chi connectivity index (χ0) is 26.3. The summed E-state index contributed by atoms with van der Waals surface area (Å²) in [4.78, 5) is 52.7. The molecule has 192 valence electrons. The van der Waals surface area contributed by atoms with E-state index in [1.807, 2.05) is 24.3 Å². The van der Waals surface area contributed by atoms with Crippen LogP contribution in [0.1, 0.15) is 25.1 Å². The topological polar surface area (TPSA) is 184 Å². The van der Waals surface area contributed by atoms with Gasteiger partial charge in [-0.15, -0.1) is 0 Å². The number of H-pyrrole nitrogens is 1. The van der Waals surface area contributed by atoms with Crippen LogP contribution in [0.4, 0.5) is 10.5 Å². The van der Waals surface area contributed by atoms with Crippen LogP contribution in [0.5, 0.6) is 0 Å². The number of hydrogen-bond acceptors (Lipinski definition) is 7. The number of ether oxygens (including phenoxy) is 2. The molecule has 0 aliphatic rings. The first-order valence-corrected chi connectivity index (χ1v) is 11.1. The third-order valence-corrected chi connectivity index (χ3v) is 4.64. The van der Waals surface area contributed by atoms with E-state index in [9.17, 15) is 19.2 Å². The van der Waals surface area contributed by atoms with Gasteiger partial charge in [0.2, 0.25) is 11.8 Å². The lowest BCUT2D eigenvalue weighted by Crippen LogP contribution is -2.26.